The number of nitrogens with one attached hydrogen (secondary N) is 1. The molecule has 1 N–H and O–H groups in total. The zero-order chi connectivity index (χ0) is 7.11. The van der Waals surface area contributed by atoms with Crippen molar-refractivity contribution in [3.63, 3.8) is 0 Å². The van der Waals surface area contributed by atoms with E-state index in [2.05, 4.69) is 36.5 Å². The van der Waals surface area contributed by atoms with E-state index in [1.54, 1.807) is 5.49 Å². The van der Waals surface area contributed by atoms with Crippen LogP contribution in [0.3, 0.4) is 0 Å². The van der Waals surface area contributed by atoms with E-state index < -0.39 is 0 Å². The van der Waals surface area contributed by atoms with Crippen molar-refractivity contribution in [3.8, 4) is 0 Å². The molecule has 0 atom stereocenters. The van der Waals surface area contributed by atoms with Crippen LogP contribution >= 0.6 is 12.2 Å². The molecule has 0 heterocycles. The van der Waals surface area contributed by atoms with Gasteiger partial charge in [0, 0.05) is 6.54 Å². The molecule has 0 rings (SSSR count). The van der Waals surface area contributed by atoms with E-state index in [1.165, 1.54) is 0 Å². The van der Waals surface area contributed by atoms with E-state index in [9.17, 15) is 0 Å². The minimum absolute atomic E-state index is 0.988. The third-order valence-electron chi connectivity index (χ3n) is 1.01. The van der Waals surface area contributed by atoms with Gasteiger partial charge in [0.1, 0.15) is 0 Å². The lowest BCUT2D eigenvalue weighted by molar-refractivity contribution is 0.400. The Morgan fingerprint density at radius 3 is 2.67 bits per heavy atom. The van der Waals surface area contributed by atoms with Gasteiger partial charge in [0.25, 0.3) is 0 Å². The molecule has 2 nitrogen and oxygen atoms in total. The van der Waals surface area contributed by atoms with Crippen molar-refractivity contribution in [2.45, 2.75) is 6.42 Å². The average molecular weight is 146 g/mol. The van der Waals surface area contributed by atoms with Gasteiger partial charge in [-0.2, -0.15) is 0 Å². The van der Waals surface area contributed by atoms with Crippen LogP contribution in [0.1, 0.15) is 6.42 Å². The molecule has 0 aliphatic heterocycles. The quantitative estimate of drug-likeness (QED) is 0.449. The molecule has 0 radical (unpaired) electrons. The summed E-state index contributed by atoms with van der Waals surface area (Å²) < 4.78 is 0. The molecule has 0 fully saturated rings. The molecule has 0 amide bonds. The van der Waals surface area contributed by atoms with Crippen molar-refractivity contribution < 1.29 is 0 Å². The molecule has 0 saturated heterocycles. The predicted octanol–water partition coefficient (Wildman–Crippen LogP) is 0.485. The fourth-order valence-electron chi connectivity index (χ4n) is 0.556. The molecule has 54 valence electrons. The first-order valence-corrected chi connectivity index (χ1v) is 3.56. The first-order chi connectivity index (χ1) is 4.27. The lowest BCUT2D eigenvalue weighted by Gasteiger charge is -2.07. The number of hydrogen-bond donors (Lipinski definition) is 1. The van der Waals surface area contributed by atoms with Gasteiger partial charge in [-0.15, -0.1) is 0 Å². The first kappa shape index (κ1) is 8.85. The van der Waals surface area contributed by atoms with Crippen LogP contribution in [0, 0.1) is 0 Å². The van der Waals surface area contributed by atoms with Crippen LogP contribution < -0.4 is 5.32 Å². The van der Waals surface area contributed by atoms with Crippen LogP contribution in [0.15, 0.2) is 0 Å². The molecule has 0 bridgehead atoms. The van der Waals surface area contributed by atoms with Crippen LogP contribution in [0.4, 0.5) is 0 Å². The van der Waals surface area contributed by atoms with Crippen LogP contribution in [0.2, 0.25) is 0 Å². The summed E-state index contributed by atoms with van der Waals surface area (Å²) in [6.45, 7) is 2.11. The summed E-state index contributed by atoms with van der Waals surface area (Å²) in [5.74, 6) is 0. The molecule has 0 spiro atoms. The molecular weight excluding hydrogens is 132 g/mol. The lowest BCUT2D eigenvalue weighted by atomic mass is 10.4. The lowest BCUT2D eigenvalue weighted by Crippen LogP contribution is -2.19. The highest BCUT2D eigenvalue weighted by atomic mass is 32.1. The van der Waals surface area contributed by atoms with Gasteiger partial charge in [-0.05, 0) is 27.1 Å². The van der Waals surface area contributed by atoms with Crippen molar-refractivity contribution in [3.05, 3.63) is 0 Å². The Labute approximate surface area is 62.2 Å². The summed E-state index contributed by atoms with van der Waals surface area (Å²) in [5, 5.41) is 2.97. The number of thiocarbonyl (C=S) groups is 1. The number of nitrogens with zero attached hydrogens (tertiary/aromatic N) is 1. The van der Waals surface area contributed by atoms with Gasteiger partial charge in [-0.3, -0.25) is 0 Å². The van der Waals surface area contributed by atoms with Crippen molar-refractivity contribution >= 4 is 17.7 Å². The SMILES string of the molecule is CN(C)CCCNC=S. The summed E-state index contributed by atoms with van der Waals surface area (Å²) >= 11 is 4.58. The second-order valence-corrected chi connectivity index (χ2v) is 2.46. The van der Waals surface area contributed by atoms with Crippen LogP contribution in [-0.2, 0) is 0 Å². The molecule has 9 heavy (non-hydrogen) atoms. The number of rotatable bonds is 5. The standard InChI is InChI=1S/C6H14N2S/c1-8(2)5-3-4-7-6-9/h6H,3-5H2,1-2H3,(H,7,9). The summed E-state index contributed by atoms with van der Waals surface area (Å²) in [4.78, 5) is 2.16. The predicted molar refractivity (Wildman–Crippen MR) is 44.8 cm³/mol. The summed E-state index contributed by atoms with van der Waals surface area (Å²) in [6.07, 6.45) is 1.15. The smallest absolute Gasteiger partial charge is 0.0614 e. The third kappa shape index (κ3) is 7.85. The van der Waals surface area contributed by atoms with E-state index in [1.807, 2.05) is 0 Å². The Kier molecular flexibility index (Phi) is 5.88. The maximum absolute atomic E-state index is 4.58. The van der Waals surface area contributed by atoms with Gasteiger partial charge >= 0.3 is 0 Å². The zero-order valence-electron chi connectivity index (χ0n) is 6.05. The Morgan fingerprint density at radius 2 is 2.22 bits per heavy atom. The summed E-state index contributed by atoms with van der Waals surface area (Å²) in [6, 6.07) is 0. The molecule has 0 aromatic carbocycles. The Hall–Kier alpha value is -0.150. The fourth-order valence-corrected chi connectivity index (χ4v) is 0.674. The minimum Gasteiger partial charge on any atom is -0.382 e. The van der Waals surface area contributed by atoms with Gasteiger partial charge in [-0.1, -0.05) is 12.2 Å². The van der Waals surface area contributed by atoms with E-state index >= 15 is 0 Å². The second kappa shape index (κ2) is 5.98. The van der Waals surface area contributed by atoms with E-state index in [0.717, 1.165) is 19.5 Å². The maximum Gasteiger partial charge on any atom is 0.0614 e. The minimum atomic E-state index is 0.988. The van der Waals surface area contributed by atoms with Crippen molar-refractivity contribution in [2.24, 2.45) is 0 Å². The molecule has 0 aromatic rings. The van der Waals surface area contributed by atoms with Crippen molar-refractivity contribution in [2.75, 3.05) is 27.2 Å². The Morgan fingerprint density at radius 1 is 1.56 bits per heavy atom. The highest BCUT2D eigenvalue weighted by molar-refractivity contribution is 7.78. The van der Waals surface area contributed by atoms with Crippen LogP contribution in [-0.4, -0.2) is 37.6 Å². The summed E-state index contributed by atoms with van der Waals surface area (Å²) in [5.41, 5.74) is 1.57. The van der Waals surface area contributed by atoms with Gasteiger partial charge in [0.15, 0.2) is 0 Å². The molecule has 0 aliphatic rings. The highest BCUT2D eigenvalue weighted by Gasteiger charge is 1.86. The van der Waals surface area contributed by atoms with Gasteiger partial charge < -0.3 is 10.2 Å². The Balaban J connectivity index is 2.82. The fraction of sp³-hybridized carbons (Fsp3) is 0.833. The second-order valence-electron chi connectivity index (χ2n) is 2.23. The maximum atomic E-state index is 4.58. The molecule has 0 aromatic heterocycles. The van der Waals surface area contributed by atoms with Crippen LogP contribution in [0.5, 0.6) is 0 Å². The van der Waals surface area contributed by atoms with Crippen molar-refractivity contribution in [1.29, 1.82) is 0 Å². The molecular formula is C6H14N2S. The third-order valence-corrected chi connectivity index (χ3v) is 1.18. The largest absolute Gasteiger partial charge is 0.382 e. The molecule has 0 saturated carbocycles. The molecule has 3 heteroatoms. The average Bonchev–Trinajstić information content (AvgIpc) is 1.80. The van der Waals surface area contributed by atoms with Gasteiger partial charge in [-0.25, -0.2) is 0 Å². The van der Waals surface area contributed by atoms with Crippen molar-refractivity contribution in [1.82, 2.24) is 10.2 Å². The first-order valence-electron chi connectivity index (χ1n) is 3.09. The Bertz CT molecular complexity index is 73.5. The normalized spacial score (nSPS) is 9.67. The van der Waals surface area contributed by atoms with Gasteiger partial charge in [0.2, 0.25) is 0 Å². The van der Waals surface area contributed by atoms with Crippen LogP contribution in [0.25, 0.3) is 0 Å². The van der Waals surface area contributed by atoms with Gasteiger partial charge in [0.05, 0.1) is 5.49 Å². The summed E-state index contributed by atoms with van der Waals surface area (Å²) in [7, 11) is 4.13. The molecule has 0 unspecified atom stereocenters. The highest BCUT2D eigenvalue weighted by Crippen LogP contribution is 1.78. The van der Waals surface area contributed by atoms with E-state index in [4.69, 9.17) is 0 Å². The topological polar surface area (TPSA) is 15.3 Å². The zero-order valence-corrected chi connectivity index (χ0v) is 6.87. The number of hydrogen-bond acceptors (Lipinski definition) is 2. The molecule has 0 aliphatic carbocycles. The monoisotopic (exact) mass is 146 g/mol. The van der Waals surface area contributed by atoms with E-state index in [-0.39, 0.29) is 0 Å². The van der Waals surface area contributed by atoms with E-state index in [0.29, 0.717) is 0 Å².